The lowest BCUT2D eigenvalue weighted by atomic mass is 10.0. The van der Waals surface area contributed by atoms with Crippen LogP contribution in [-0.2, 0) is 4.79 Å². The highest BCUT2D eigenvalue weighted by atomic mass is 19.4. The Morgan fingerprint density at radius 1 is 1.03 bits per heavy atom. The molecular weight excluding hydrogens is 495 g/mol. The molecule has 6 N–H and O–H groups in total. The Kier molecular flexibility index (Phi) is 7.97. The zero-order chi connectivity index (χ0) is 27.2. The lowest BCUT2D eigenvalue weighted by Gasteiger charge is -2.10. The molecule has 192 valence electrons. The van der Waals surface area contributed by atoms with Crippen molar-refractivity contribution in [1.82, 2.24) is 9.97 Å². The number of ether oxygens (including phenoxy) is 1. The third kappa shape index (κ3) is 6.75. The predicted octanol–water partition coefficient (Wildman–Crippen LogP) is 4.61. The zero-order valence-corrected chi connectivity index (χ0v) is 19.1. The number of nitrogens with one attached hydrogen (secondary N) is 3. The molecule has 0 bridgehead atoms. The van der Waals surface area contributed by atoms with Gasteiger partial charge < -0.3 is 31.2 Å². The molecule has 37 heavy (non-hydrogen) atoms. The van der Waals surface area contributed by atoms with Gasteiger partial charge in [-0.25, -0.2) is 9.59 Å². The predicted molar refractivity (Wildman–Crippen MR) is 129 cm³/mol. The van der Waals surface area contributed by atoms with Gasteiger partial charge in [0.25, 0.3) is 5.91 Å². The maximum atomic E-state index is 12.3. The number of alkyl halides is 3. The molecule has 4 rings (SSSR count). The van der Waals surface area contributed by atoms with E-state index < -0.39 is 18.1 Å². The number of fused-ring (bicyclic) bond motifs is 1. The fourth-order valence-corrected chi connectivity index (χ4v) is 3.24. The van der Waals surface area contributed by atoms with E-state index in [1.165, 1.54) is 0 Å². The van der Waals surface area contributed by atoms with E-state index in [1.54, 1.807) is 55.9 Å². The lowest BCUT2D eigenvalue weighted by molar-refractivity contribution is -0.192. The zero-order valence-electron chi connectivity index (χ0n) is 19.1. The van der Waals surface area contributed by atoms with Crippen molar-refractivity contribution in [3.8, 4) is 16.9 Å². The fraction of sp³-hybridized carbons (Fsp3) is 0.0833. The van der Waals surface area contributed by atoms with Gasteiger partial charge in [-0.2, -0.15) is 13.2 Å². The Balaban J connectivity index is 0.000000479. The number of benzene rings is 2. The lowest BCUT2D eigenvalue weighted by Crippen LogP contribution is -2.21. The number of H-pyrrole nitrogens is 1. The number of carbonyl (C=O) groups is 3. The van der Waals surface area contributed by atoms with Crippen molar-refractivity contribution in [2.24, 2.45) is 5.73 Å². The Hall–Kier alpha value is -5.07. The second kappa shape index (κ2) is 11.1. The van der Waals surface area contributed by atoms with Crippen molar-refractivity contribution >= 4 is 40.2 Å². The van der Waals surface area contributed by atoms with Crippen LogP contribution >= 0.6 is 0 Å². The van der Waals surface area contributed by atoms with Crippen molar-refractivity contribution in [3.05, 3.63) is 72.7 Å². The summed E-state index contributed by atoms with van der Waals surface area (Å²) in [6.07, 6.45) is -1.78. The van der Waals surface area contributed by atoms with Crippen LogP contribution < -0.4 is 21.1 Å². The summed E-state index contributed by atoms with van der Waals surface area (Å²) in [5.74, 6) is -2.66. The second-order valence-electron chi connectivity index (χ2n) is 7.35. The monoisotopic (exact) mass is 515 g/mol. The van der Waals surface area contributed by atoms with Gasteiger partial charge >= 0.3 is 18.2 Å². The van der Waals surface area contributed by atoms with E-state index in [0.29, 0.717) is 28.4 Å². The van der Waals surface area contributed by atoms with Crippen LogP contribution in [0.3, 0.4) is 0 Å². The SMILES string of the molecule is COc1cccc(NC(=O)Nc2ccc(-c3c(C(N)=O)[nH]c4cnccc34)cc2)c1.O=C(O)C(F)(F)F. The van der Waals surface area contributed by atoms with Gasteiger partial charge in [0.2, 0.25) is 0 Å². The minimum Gasteiger partial charge on any atom is -0.497 e. The number of aliphatic carboxylic acids is 1. The van der Waals surface area contributed by atoms with Gasteiger partial charge in [0.1, 0.15) is 11.4 Å². The first-order chi connectivity index (χ1) is 17.5. The molecule has 0 radical (unpaired) electrons. The minimum absolute atomic E-state index is 0.314. The number of halogens is 3. The van der Waals surface area contributed by atoms with E-state index in [1.807, 2.05) is 18.2 Å². The van der Waals surface area contributed by atoms with Gasteiger partial charge in [-0.05, 0) is 35.9 Å². The molecule has 0 atom stereocenters. The molecule has 0 aliphatic heterocycles. The molecule has 2 heterocycles. The van der Waals surface area contributed by atoms with Gasteiger partial charge in [0, 0.05) is 34.6 Å². The number of aromatic nitrogens is 2. The van der Waals surface area contributed by atoms with Gasteiger partial charge in [-0.3, -0.25) is 9.78 Å². The molecule has 0 fully saturated rings. The number of amides is 3. The highest BCUT2D eigenvalue weighted by molar-refractivity contribution is 6.09. The van der Waals surface area contributed by atoms with Crippen molar-refractivity contribution < 1.29 is 37.4 Å². The van der Waals surface area contributed by atoms with E-state index in [4.69, 9.17) is 20.4 Å². The summed E-state index contributed by atoms with van der Waals surface area (Å²) in [6.45, 7) is 0. The molecule has 10 nitrogen and oxygen atoms in total. The number of carboxylic acids is 1. The van der Waals surface area contributed by atoms with Crippen LogP contribution in [0, 0.1) is 0 Å². The molecule has 0 saturated heterocycles. The number of carbonyl (C=O) groups excluding carboxylic acids is 2. The number of nitrogens with two attached hydrogens (primary N) is 1. The summed E-state index contributed by atoms with van der Waals surface area (Å²) in [6, 6.07) is 15.7. The summed E-state index contributed by atoms with van der Waals surface area (Å²) in [5.41, 5.74) is 9.28. The molecule has 0 aliphatic carbocycles. The van der Waals surface area contributed by atoms with Crippen molar-refractivity contribution in [2.75, 3.05) is 17.7 Å². The highest BCUT2D eigenvalue weighted by Crippen LogP contribution is 2.32. The summed E-state index contributed by atoms with van der Waals surface area (Å²) >= 11 is 0. The van der Waals surface area contributed by atoms with Crippen LogP contribution in [0.25, 0.3) is 22.0 Å². The van der Waals surface area contributed by atoms with E-state index in [9.17, 15) is 22.8 Å². The number of aromatic amines is 1. The largest absolute Gasteiger partial charge is 0.497 e. The fourth-order valence-electron chi connectivity index (χ4n) is 3.24. The van der Waals surface area contributed by atoms with E-state index in [-0.39, 0.29) is 6.03 Å². The van der Waals surface area contributed by atoms with Crippen molar-refractivity contribution in [1.29, 1.82) is 0 Å². The molecule has 2 aromatic heterocycles. The number of urea groups is 1. The quantitative estimate of drug-likeness (QED) is 0.261. The van der Waals surface area contributed by atoms with Crippen molar-refractivity contribution in [2.45, 2.75) is 6.18 Å². The number of pyridine rings is 1. The normalized spacial score (nSPS) is 10.7. The van der Waals surface area contributed by atoms with Crippen LogP contribution in [-0.4, -0.2) is 46.3 Å². The average Bonchev–Trinajstić information content (AvgIpc) is 3.24. The second-order valence-corrected chi connectivity index (χ2v) is 7.35. The molecule has 0 saturated carbocycles. The number of hydrogen-bond acceptors (Lipinski definition) is 5. The van der Waals surface area contributed by atoms with Gasteiger partial charge in [-0.1, -0.05) is 18.2 Å². The molecule has 0 spiro atoms. The first-order valence-electron chi connectivity index (χ1n) is 10.4. The third-order valence-corrected chi connectivity index (χ3v) is 4.85. The first kappa shape index (κ1) is 26.5. The highest BCUT2D eigenvalue weighted by Gasteiger charge is 2.38. The number of primary amides is 1. The molecule has 2 aromatic carbocycles. The van der Waals surface area contributed by atoms with E-state index in [2.05, 4.69) is 20.6 Å². The number of hydrogen-bond donors (Lipinski definition) is 5. The molecule has 13 heteroatoms. The smallest absolute Gasteiger partial charge is 0.490 e. The summed E-state index contributed by atoms with van der Waals surface area (Å²) in [4.78, 5) is 40.2. The molecule has 3 amide bonds. The van der Waals surface area contributed by atoms with Crippen LogP contribution in [0.2, 0.25) is 0 Å². The van der Waals surface area contributed by atoms with Crippen LogP contribution in [0.4, 0.5) is 29.3 Å². The topological polar surface area (TPSA) is 159 Å². The molecule has 0 unspecified atom stereocenters. The number of anilines is 2. The molecule has 4 aromatic rings. The van der Waals surface area contributed by atoms with Gasteiger partial charge in [-0.15, -0.1) is 0 Å². The minimum atomic E-state index is -5.08. The van der Waals surface area contributed by atoms with E-state index >= 15 is 0 Å². The van der Waals surface area contributed by atoms with Gasteiger partial charge in [0.15, 0.2) is 0 Å². The average molecular weight is 515 g/mol. The van der Waals surface area contributed by atoms with Crippen LogP contribution in [0.15, 0.2) is 67.0 Å². The first-order valence-corrected chi connectivity index (χ1v) is 10.4. The Labute approximate surface area is 207 Å². The molecule has 0 aliphatic rings. The summed E-state index contributed by atoms with van der Waals surface area (Å²) < 4.78 is 36.9. The number of nitrogens with zero attached hydrogens (tertiary/aromatic N) is 1. The van der Waals surface area contributed by atoms with Crippen LogP contribution in [0.5, 0.6) is 5.75 Å². The Morgan fingerprint density at radius 2 is 1.68 bits per heavy atom. The molecular formula is C24H20F3N5O5. The Bertz CT molecular complexity index is 1430. The number of rotatable bonds is 5. The van der Waals surface area contributed by atoms with E-state index in [0.717, 1.165) is 16.5 Å². The maximum Gasteiger partial charge on any atom is 0.490 e. The third-order valence-electron chi connectivity index (χ3n) is 4.85. The summed E-state index contributed by atoms with van der Waals surface area (Å²) in [5, 5.41) is 13.5. The standard InChI is InChI=1S/C22H19N5O3.C2HF3O2/c1-30-16-4-2-3-15(11-16)26-22(29)25-14-7-5-13(6-8-14)19-17-9-10-24-12-18(17)27-20(19)21(23)28;3-2(4,5)1(6)7/h2-12,27H,1H3,(H2,23,28)(H2,25,26,29);(H,6,7). The number of carboxylic acid groups (broad SMARTS) is 1. The number of methoxy groups -OCH3 is 1. The maximum absolute atomic E-state index is 12.3. The van der Waals surface area contributed by atoms with Crippen molar-refractivity contribution in [3.63, 3.8) is 0 Å². The Morgan fingerprint density at radius 3 is 2.27 bits per heavy atom. The summed E-state index contributed by atoms with van der Waals surface area (Å²) in [7, 11) is 1.56. The van der Waals surface area contributed by atoms with Gasteiger partial charge in [0.05, 0.1) is 18.8 Å². The van der Waals surface area contributed by atoms with Crippen LogP contribution in [0.1, 0.15) is 10.5 Å².